The number of nitrogens with zero attached hydrogens (tertiary/aromatic N) is 2. The molecule has 4 rings (SSSR count). The Kier molecular flexibility index (Phi) is 5.49. The van der Waals surface area contributed by atoms with Crippen LogP contribution in [0.5, 0.6) is 0 Å². The first-order chi connectivity index (χ1) is 13.8. The first-order valence-electron chi connectivity index (χ1n) is 8.29. The fourth-order valence-electron chi connectivity index (χ4n) is 2.64. The number of carboxylic acid groups (broad SMARTS) is 1. The highest BCUT2D eigenvalue weighted by Crippen LogP contribution is 2.31. The quantitative estimate of drug-likeness (QED) is 0.430. The number of aromatic amines is 1. The number of hydrogen-bond acceptors (Lipinski definition) is 4. The van der Waals surface area contributed by atoms with Crippen molar-refractivity contribution in [2.45, 2.75) is 6.18 Å². The van der Waals surface area contributed by atoms with Crippen LogP contribution in [0.15, 0.2) is 67.3 Å². The van der Waals surface area contributed by atoms with E-state index in [1.165, 1.54) is 0 Å². The molecule has 3 aromatic heterocycles. The van der Waals surface area contributed by atoms with Crippen LogP contribution in [0.25, 0.3) is 33.3 Å². The molecule has 0 fully saturated rings. The highest BCUT2D eigenvalue weighted by molar-refractivity contribution is 5.96. The van der Waals surface area contributed by atoms with Gasteiger partial charge in [-0.05, 0) is 29.8 Å². The van der Waals surface area contributed by atoms with Crippen LogP contribution >= 0.6 is 0 Å². The van der Waals surface area contributed by atoms with E-state index in [2.05, 4.69) is 27.1 Å². The molecule has 3 heterocycles. The summed E-state index contributed by atoms with van der Waals surface area (Å²) in [5, 5.41) is 8.20. The number of halogens is 3. The van der Waals surface area contributed by atoms with E-state index >= 15 is 0 Å². The van der Waals surface area contributed by atoms with Crippen LogP contribution in [-0.4, -0.2) is 32.2 Å². The molecule has 0 saturated carbocycles. The number of pyridine rings is 2. The smallest absolute Gasteiger partial charge is 0.475 e. The molecule has 9 heteroatoms. The summed E-state index contributed by atoms with van der Waals surface area (Å²) in [7, 11) is 0. The number of carbonyl (C=O) groups is 1. The Morgan fingerprint density at radius 3 is 2.38 bits per heavy atom. The Hall–Kier alpha value is -3.88. The molecule has 0 atom stereocenters. The summed E-state index contributed by atoms with van der Waals surface area (Å²) in [6.45, 7) is 0. The molecular formula is C20H15F3N4O2. The topological polar surface area (TPSA) is 105 Å². The lowest BCUT2D eigenvalue weighted by molar-refractivity contribution is -0.192. The van der Waals surface area contributed by atoms with Crippen molar-refractivity contribution in [3.63, 3.8) is 0 Å². The zero-order valence-corrected chi connectivity index (χ0v) is 14.8. The predicted molar refractivity (Wildman–Crippen MR) is 103 cm³/mol. The number of carboxylic acids is 1. The lowest BCUT2D eigenvalue weighted by Crippen LogP contribution is -2.21. The number of aliphatic carboxylic acids is 1. The maximum Gasteiger partial charge on any atom is 0.490 e. The summed E-state index contributed by atoms with van der Waals surface area (Å²) in [4.78, 5) is 20.8. The lowest BCUT2D eigenvalue weighted by atomic mass is 10.0. The fourth-order valence-corrected chi connectivity index (χ4v) is 2.64. The van der Waals surface area contributed by atoms with E-state index in [4.69, 9.17) is 15.6 Å². The highest BCUT2D eigenvalue weighted by atomic mass is 19.4. The van der Waals surface area contributed by atoms with Gasteiger partial charge in [0.25, 0.3) is 0 Å². The summed E-state index contributed by atoms with van der Waals surface area (Å²) in [5.41, 5.74) is 11.8. The predicted octanol–water partition coefficient (Wildman–Crippen LogP) is 4.51. The van der Waals surface area contributed by atoms with Gasteiger partial charge in [-0.2, -0.15) is 13.2 Å². The molecule has 29 heavy (non-hydrogen) atoms. The fraction of sp³-hybridized carbons (Fsp3) is 0.0500. The lowest BCUT2D eigenvalue weighted by Gasteiger charge is -2.03. The molecular weight excluding hydrogens is 385 g/mol. The third-order valence-electron chi connectivity index (χ3n) is 3.97. The largest absolute Gasteiger partial charge is 0.490 e. The van der Waals surface area contributed by atoms with Crippen LogP contribution in [-0.2, 0) is 4.79 Å². The van der Waals surface area contributed by atoms with E-state index in [1.807, 2.05) is 48.9 Å². The first kappa shape index (κ1) is 19.9. The molecule has 0 unspecified atom stereocenters. The van der Waals surface area contributed by atoms with E-state index in [-0.39, 0.29) is 0 Å². The number of nitrogen functional groups attached to an aromatic ring is 1. The van der Waals surface area contributed by atoms with Gasteiger partial charge in [0.05, 0.1) is 0 Å². The minimum Gasteiger partial charge on any atom is -0.475 e. The number of anilines is 1. The van der Waals surface area contributed by atoms with Crippen molar-refractivity contribution in [3.8, 4) is 22.3 Å². The molecule has 0 amide bonds. The number of nitrogens with two attached hydrogens (primary N) is 1. The minimum atomic E-state index is -5.08. The number of fused-ring (bicyclic) bond motifs is 1. The standard InChI is InChI=1S/C18H14N4.C2HF3O2/c19-15-5-1-3-12(7-15)17-11-22-18-16(17)8-14(10-21-18)13-4-2-6-20-9-13;3-2(4,5)1(6)7/h1-11H,19H2,(H,21,22);(H,6,7). The second-order valence-corrected chi connectivity index (χ2v) is 5.99. The molecule has 0 radical (unpaired) electrons. The molecule has 0 bridgehead atoms. The van der Waals surface area contributed by atoms with Gasteiger partial charge in [0.2, 0.25) is 0 Å². The van der Waals surface area contributed by atoms with Crippen LogP contribution < -0.4 is 5.73 Å². The van der Waals surface area contributed by atoms with Crippen LogP contribution in [0.3, 0.4) is 0 Å². The van der Waals surface area contributed by atoms with Gasteiger partial charge in [0.15, 0.2) is 0 Å². The summed E-state index contributed by atoms with van der Waals surface area (Å²) in [6.07, 6.45) is 2.36. The second kappa shape index (κ2) is 8.01. The van der Waals surface area contributed by atoms with Gasteiger partial charge in [-0.3, -0.25) is 4.98 Å². The van der Waals surface area contributed by atoms with Crippen molar-refractivity contribution < 1.29 is 23.1 Å². The maximum atomic E-state index is 10.6. The first-order valence-corrected chi connectivity index (χ1v) is 8.29. The van der Waals surface area contributed by atoms with E-state index < -0.39 is 12.1 Å². The highest BCUT2D eigenvalue weighted by Gasteiger charge is 2.38. The van der Waals surface area contributed by atoms with Gasteiger partial charge in [-0.15, -0.1) is 0 Å². The molecule has 1 aromatic carbocycles. The van der Waals surface area contributed by atoms with Crippen molar-refractivity contribution in [3.05, 3.63) is 67.3 Å². The SMILES string of the molecule is Nc1cccc(-c2c[nH]c3ncc(-c4cccnc4)cc23)c1.O=C(O)C(F)(F)F. The zero-order valence-electron chi connectivity index (χ0n) is 14.8. The van der Waals surface area contributed by atoms with Gasteiger partial charge in [0, 0.05) is 52.6 Å². The number of aromatic nitrogens is 3. The van der Waals surface area contributed by atoms with Crippen LogP contribution in [0.1, 0.15) is 0 Å². The number of nitrogens with one attached hydrogen (secondary N) is 1. The molecule has 0 aliphatic carbocycles. The van der Waals surface area contributed by atoms with Crippen molar-refractivity contribution in [2.24, 2.45) is 0 Å². The Morgan fingerprint density at radius 2 is 1.76 bits per heavy atom. The van der Waals surface area contributed by atoms with Crippen molar-refractivity contribution in [2.75, 3.05) is 5.73 Å². The maximum absolute atomic E-state index is 10.6. The van der Waals surface area contributed by atoms with E-state index in [9.17, 15) is 13.2 Å². The molecule has 0 saturated heterocycles. The molecule has 0 aliphatic rings. The average Bonchev–Trinajstić information content (AvgIpc) is 3.11. The Balaban J connectivity index is 0.000000298. The number of benzene rings is 1. The van der Waals surface area contributed by atoms with Crippen molar-refractivity contribution in [1.29, 1.82) is 0 Å². The Bertz CT molecular complexity index is 1140. The average molecular weight is 400 g/mol. The molecule has 0 aliphatic heterocycles. The number of alkyl halides is 3. The number of hydrogen-bond donors (Lipinski definition) is 3. The third-order valence-corrected chi connectivity index (χ3v) is 3.97. The zero-order chi connectivity index (χ0) is 21.0. The van der Waals surface area contributed by atoms with E-state index in [1.54, 1.807) is 6.20 Å². The number of H-pyrrole nitrogens is 1. The molecule has 4 aromatic rings. The van der Waals surface area contributed by atoms with Gasteiger partial charge in [-0.25, -0.2) is 9.78 Å². The molecule has 6 nitrogen and oxygen atoms in total. The second-order valence-electron chi connectivity index (χ2n) is 5.99. The minimum absolute atomic E-state index is 0.753. The van der Waals surface area contributed by atoms with Gasteiger partial charge >= 0.3 is 12.1 Å². The normalized spacial score (nSPS) is 11.0. The Labute approximate surface area is 162 Å². The monoisotopic (exact) mass is 400 g/mol. The van der Waals surface area contributed by atoms with E-state index in [0.717, 1.165) is 39.0 Å². The van der Waals surface area contributed by atoms with Crippen molar-refractivity contribution >= 4 is 22.7 Å². The van der Waals surface area contributed by atoms with E-state index in [0.29, 0.717) is 0 Å². The molecule has 148 valence electrons. The Morgan fingerprint density at radius 1 is 1.03 bits per heavy atom. The van der Waals surface area contributed by atoms with Gasteiger partial charge < -0.3 is 15.8 Å². The third kappa shape index (κ3) is 4.70. The van der Waals surface area contributed by atoms with Crippen LogP contribution in [0.2, 0.25) is 0 Å². The molecule has 0 spiro atoms. The molecule has 4 N–H and O–H groups in total. The summed E-state index contributed by atoms with van der Waals surface area (Å²) in [6, 6.07) is 14.0. The van der Waals surface area contributed by atoms with Crippen LogP contribution in [0, 0.1) is 0 Å². The van der Waals surface area contributed by atoms with Crippen molar-refractivity contribution in [1.82, 2.24) is 15.0 Å². The summed E-state index contributed by atoms with van der Waals surface area (Å²) >= 11 is 0. The summed E-state index contributed by atoms with van der Waals surface area (Å²) < 4.78 is 31.7. The van der Waals surface area contributed by atoms with Gasteiger partial charge in [0.1, 0.15) is 5.65 Å². The summed E-state index contributed by atoms with van der Waals surface area (Å²) in [5.74, 6) is -2.76. The number of rotatable bonds is 2. The van der Waals surface area contributed by atoms with Gasteiger partial charge in [-0.1, -0.05) is 18.2 Å². The van der Waals surface area contributed by atoms with Crippen LogP contribution in [0.4, 0.5) is 18.9 Å².